The number of hydrogen-bond donors (Lipinski definition) is 0. The summed E-state index contributed by atoms with van der Waals surface area (Å²) in [4.78, 5) is 16.0. The first-order chi connectivity index (χ1) is 10.5. The zero-order valence-corrected chi connectivity index (χ0v) is 14.3. The Morgan fingerprint density at radius 1 is 1.41 bits per heavy atom. The fraction of sp³-hybridized carbons (Fsp3) is 0.375. The standard InChI is InChI=1S/C16H18BrN3O2/c1-19(2)15-4-3-12(10-14(15)17)9-13(11-18)16(21)20-5-7-22-8-6-20/h3-4,9-10H,5-8H2,1-2H3/b13-9+. The molecule has 0 radical (unpaired) electrons. The number of carbonyl (C=O) groups is 1. The SMILES string of the molecule is CN(C)c1ccc(/C=C(\C#N)C(=O)N2CCOCC2)cc1Br. The highest BCUT2D eigenvalue weighted by molar-refractivity contribution is 9.10. The zero-order valence-electron chi connectivity index (χ0n) is 12.7. The van der Waals surface area contributed by atoms with Crippen LogP contribution in [0.15, 0.2) is 28.2 Å². The average molecular weight is 364 g/mol. The lowest BCUT2D eigenvalue weighted by Gasteiger charge is -2.26. The molecule has 0 unspecified atom stereocenters. The number of amides is 1. The number of rotatable bonds is 3. The Balaban J connectivity index is 2.23. The molecule has 1 aliphatic rings. The molecule has 2 rings (SSSR count). The number of anilines is 1. The molecule has 0 N–H and O–H groups in total. The summed E-state index contributed by atoms with van der Waals surface area (Å²) in [5.74, 6) is -0.237. The van der Waals surface area contributed by atoms with E-state index in [2.05, 4.69) is 15.9 Å². The highest BCUT2D eigenvalue weighted by Crippen LogP contribution is 2.26. The van der Waals surface area contributed by atoms with Crippen LogP contribution in [0.4, 0.5) is 5.69 Å². The van der Waals surface area contributed by atoms with Crippen LogP contribution in [0.1, 0.15) is 5.56 Å². The van der Waals surface area contributed by atoms with Crippen LogP contribution in [0.25, 0.3) is 6.08 Å². The molecular formula is C16H18BrN3O2. The lowest BCUT2D eigenvalue weighted by atomic mass is 10.1. The molecule has 22 heavy (non-hydrogen) atoms. The lowest BCUT2D eigenvalue weighted by molar-refractivity contribution is -0.130. The van der Waals surface area contributed by atoms with Gasteiger partial charge in [-0.15, -0.1) is 0 Å². The first-order valence-electron chi connectivity index (χ1n) is 6.98. The second-order valence-electron chi connectivity index (χ2n) is 5.18. The van der Waals surface area contributed by atoms with Gasteiger partial charge in [-0.3, -0.25) is 4.79 Å². The molecule has 1 heterocycles. The third-order valence-electron chi connectivity index (χ3n) is 3.41. The summed E-state index contributed by atoms with van der Waals surface area (Å²) in [6, 6.07) is 7.75. The molecule has 0 saturated carbocycles. The summed E-state index contributed by atoms with van der Waals surface area (Å²) in [6.07, 6.45) is 1.63. The van der Waals surface area contributed by atoms with Crippen molar-refractivity contribution in [3.05, 3.63) is 33.8 Å². The largest absolute Gasteiger partial charge is 0.378 e. The van der Waals surface area contributed by atoms with Gasteiger partial charge in [0.25, 0.3) is 5.91 Å². The van der Waals surface area contributed by atoms with Crippen LogP contribution in [0.2, 0.25) is 0 Å². The number of hydrogen-bond acceptors (Lipinski definition) is 4. The molecule has 0 aromatic heterocycles. The normalized spacial score (nSPS) is 15.4. The monoisotopic (exact) mass is 363 g/mol. The molecule has 116 valence electrons. The van der Waals surface area contributed by atoms with Crippen LogP contribution < -0.4 is 4.90 Å². The number of ether oxygens (including phenoxy) is 1. The summed E-state index contributed by atoms with van der Waals surface area (Å²) in [7, 11) is 3.91. The third-order valence-corrected chi connectivity index (χ3v) is 4.05. The maximum atomic E-state index is 12.4. The maximum absolute atomic E-state index is 12.4. The van der Waals surface area contributed by atoms with Crippen LogP contribution in [0.3, 0.4) is 0 Å². The molecule has 0 bridgehead atoms. The number of halogens is 1. The van der Waals surface area contributed by atoms with Gasteiger partial charge in [-0.25, -0.2) is 0 Å². The molecule has 1 saturated heterocycles. The van der Waals surface area contributed by atoms with Crippen molar-refractivity contribution in [3.8, 4) is 6.07 Å². The van der Waals surface area contributed by atoms with E-state index in [0.29, 0.717) is 26.3 Å². The van der Waals surface area contributed by atoms with E-state index in [9.17, 15) is 10.1 Å². The van der Waals surface area contributed by atoms with Crippen molar-refractivity contribution in [2.75, 3.05) is 45.3 Å². The smallest absolute Gasteiger partial charge is 0.264 e. The van der Waals surface area contributed by atoms with Crippen molar-refractivity contribution in [1.82, 2.24) is 4.90 Å². The Bertz CT molecular complexity index is 629. The van der Waals surface area contributed by atoms with Gasteiger partial charge in [0, 0.05) is 31.7 Å². The summed E-state index contributed by atoms with van der Waals surface area (Å²) in [5, 5.41) is 9.28. The van der Waals surface area contributed by atoms with Crippen molar-refractivity contribution < 1.29 is 9.53 Å². The van der Waals surface area contributed by atoms with Crippen molar-refractivity contribution in [3.63, 3.8) is 0 Å². The molecule has 1 amide bonds. The van der Waals surface area contributed by atoms with Gasteiger partial charge in [-0.2, -0.15) is 5.26 Å². The highest BCUT2D eigenvalue weighted by atomic mass is 79.9. The average Bonchev–Trinajstić information content (AvgIpc) is 2.52. The van der Waals surface area contributed by atoms with Crippen LogP contribution in [0.5, 0.6) is 0 Å². The number of carbonyl (C=O) groups excluding carboxylic acids is 1. The fourth-order valence-electron chi connectivity index (χ4n) is 2.22. The first-order valence-corrected chi connectivity index (χ1v) is 7.78. The second kappa shape index (κ2) is 7.43. The zero-order chi connectivity index (χ0) is 16.1. The van der Waals surface area contributed by atoms with E-state index < -0.39 is 0 Å². The number of nitriles is 1. The second-order valence-corrected chi connectivity index (χ2v) is 6.03. The summed E-state index contributed by atoms with van der Waals surface area (Å²) in [5.41, 5.74) is 2.00. The molecule has 6 heteroatoms. The van der Waals surface area contributed by atoms with Gasteiger partial charge in [0.1, 0.15) is 11.6 Å². The molecule has 1 fully saturated rings. The van der Waals surface area contributed by atoms with Crippen LogP contribution >= 0.6 is 15.9 Å². The molecule has 0 spiro atoms. The topological polar surface area (TPSA) is 56.6 Å². The minimum Gasteiger partial charge on any atom is -0.378 e. The van der Waals surface area contributed by atoms with E-state index in [-0.39, 0.29) is 11.5 Å². The number of morpholine rings is 1. The Labute approximate surface area is 138 Å². The van der Waals surface area contributed by atoms with Crippen molar-refractivity contribution >= 4 is 33.6 Å². The molecule has 1 aromatic rings. The Morgan fingerprint density at radius 2 is 2.09 bits per heavy atom. The van der Waals surface area contributed by atoms with E-state index in [4.69, 9.17) is 4.74 Å². The van der Waals surface area contributed by atoms with E-state index in [1.807, 2.05) is 43.3 Å². The Morgan fingerprint density at radius 3 is 2.64 bits per heavy atom. The van der Waals surface area contributed by atoms with Gasteiger partial charge in [-0.05, 0) is 39.7 Å². The quantitative estimate of drug-likeness (QED) is 0.610. The summed E-state index contributed by atoms with van der Waals surface area (Å²) < 4.78 is 6.14. The van der Waals surface area contributed by atoms with Gasteiger partial charge in [-0.1, -0.05) is 6.07 Å². The van der Waals surface area contributed by atoms with Crippen molar-refractivity contribution in [2.45, 2.75) is 0 Å². The van der Waals surface area contributed by atoms with Crippen LogP contribution in [-0.4, -0.2) is 51.2 Å². The van der Waals surface area contributed by atoms with E-state index in [1.165, 1.54) is 0 Å². The molecular weight excluding hydrogens is 346 g/mol. The predicted molar refractivity (Wildman–Crippen MR) is 89.5 cm³/mol. The fourth-order valence-corrected chi connectivity index (χ4v) is 2.97. The lowest BCUT2D eigenvalue weighted by Crippen LogP contribution is -2.41. The van der Waals surface area contributed by atoms with Crippen LogP contribution in [0, 0.1) is 11.3 Å². The van der Waals surface area contributed by atoms with Gasteiger partial charge >= 0.3 is 0 Å². The van der Waals surface area contributed by atoms with Gasteiger partial charge < -0.3 is 14.5 Å². The minimum absolute atomic E-state index is 0.145. The number of benzene rings is 1. The van der Waals surface area contributed by atoms with Gasteiger partial charge in [0.15, 0.2) is 0 Å². The minimum atomic E-state index is -0.237. The molecule has 0 aliphatic carbocycles. The predicted octanol–water partition coefficient (Wildman–Crippen LogP) is 2.28. The first kappa shape index (κ1) is 16.5. The molecule has 1 aromatic carbocycles. The molecule has 5 nitrogen and oxygen atoms in total. The number of nitrogens with zero attached hydrogens (tertiary/aromatic N) is 3. The van der Waals surface area contributed by atoms with E-state index in [0.717, 1.165) is 15.7 Å². The van der Waals surface area contributed by atoms with E-state index >= 15 is 0 Å². The summed E-state index contributed by atoms with van der Waals surface area (Å²) >= 11 is 3.51. The summed E-state index contributed by atoms with van der Waals surface area (Å²) in [6.45, 7) is 2.10. The third kappa shape index (κ3) is 3.87. The van der Waals surface area contributed by atoms with Gasteiger partial charge in [0.2, 0.25) is 0 Å². The van der Waals surface area contributed by atoms with Gasteiger partial charge in [0.05, 0.1) is 18.9 Å². The molecule has 0 atom stereocenters. The maximum Gasteiger partial charge on any atom is 0.264 e. The Kier molecular flexibility index (Phi) is 5.58. The van der Waals surface area contributed by atoms with Crippen LogP contribution in [-0.2, 0) is 9.53 Å². The van der Waals surface area contributed by atoms with Crippen molar-refractivity contribution in [2.24, 2.45) is 0 Å². The van der Waals surface area contributed by atoms with E-state index in [1.54, 1.807) is 11.0 Å². The van der Waals surface area contributed by atoms with Crippen molar-refractivity contribution in [1.29, 1.82) is 5.26 Å². The Hall–Kier alpha value is -1.84. The molecule has 1 aliphatic heterocycles. The highest BCUT2D eigenvalue weighted by Gasteiger charge is 2.20.